The molecule has 0 aliphatic rings. The molecule has 1 aromatic carbocycles. The maximum atomic E-state index is 6.14. The van der Waals surface area contributed by atoms with Crippen molar-refractivity contribution in [3.8, 4) is 0 Å². The van der Waals surface area contributed by atoms with Gasteiger partial charge in [-0.25, -0.2) is 9.97 Å². The highest BCUT2D eigenvalue weighted by molar-refractivity contribution is 7.10. The van der Waals surface area contributed by atoms with Crippen LogP contribution in [0.5, 0.6) is 0 Å². The molecule has 0 spiro atoms. The van der Waals surface area contributed by atoms with Crippen molar-refractivity contribution in [3.63, 3.8) is 0 Å². The highest BCUT2D eigenvalue weighted by Gasteiger charge is 2.02. The second kappa shape index (κ2) is 4.88. The molecule has 3 rings (SSSR count). The summed E-state index contributed by atoms with van der Waals surface area (Å²) in [5, 5.41) is 3.41. The second-order valence-corrected chi connectivity index (χ2v) is 5.08. The molecular formula is C14H9ClN2S. The number of fused-ring (bicyclic) bond motifs is 1. The number of hydrogen-bond acceptors (Lipinski definition) is 3. The number of thiophene rings is 1. The summed E-state index contributed by atoms with van der Waals surface area (Å²) in [7, 11) is 0. The predicted molar refractivity (Wildman–Crippen MR) is 77.8 cm³/mol. The fourth-order valence-electron chi connectivity index (χ4n) is 1.67. The normalized spacial score (nSPS) is 11.4. The van der Waals surface area contributed by atoms with Crippen LogP contribution in [0.3, 0.4) is 0 Å². The van der Waals surface area contributed by atoms with Gasteiger partial charge in [0, 0.05) is 10.3 Å². The van der Waals surface area contributed by atoms with E-state index < -0.39 is 0 Å². The van der Waals surface area contributed by atoms with Crippen LogP contribution in [0.1, 0.15) is 10.7 Å². The van der Waals surface area contributed by atoms with Crippen LogP contribution >= 0.6 is 22.9 Å². The number of halogens is 1. The smallest absolute Gasteiger partial charge is 0.154 e. The molecule has 4 heteroatoms. The van der Waals surface area contributed by atoms with Crippen LogP contribution in [0.25, 0.3) is 23.1 Å². The van der Waals surface area contributed by atoms with E-state index in [1.165, 1.54) is 4.88 Å². The van der Waals surface area contributed by atoms with Gasteiger partial charge >= 0.3 is 0 Å². The molecule has 18 heavy (non-hydrogen) atoms. The summed E-state index contributed by atoms with van der Waals surface area (Å²) in [6, 6.07) is 11.8. The van der Waals surface area contributed by atoms with E-state index in [9.17, 15) is 0 Å². The van der Waals surface area contributed by atoms with Gasteiger partial charge in [-0.15, -0.1) is 11.3 Å². The van der Waals surface area contributed by atoms with Crippen molar-refractivity contribution >= 4 is 46.0 Å². The quantitative estimate of drug-likeness (QED) is 0.641. The van der Waals surface area contributed by atoms with E-state index in [0.29, 0.717) is 11.0 Å². The van der Waals surface area contributed by atoms with Gasteiger partial charge in [-0.1, -0.05) is 29.8 Å². The summed E-state index contributed by atoms with van der Waals surface area (Å²) in [5.74, 6) is 0.632. The van der Waals surface area contributed by atoms with Crippen LogP contribution in [0, 0.1) is 0 Å². The molecule has 0 saturated heterocycles. The molecule has 3 aromatic rings. The monoisotopic (exact) mass is 272 g/mol. The van der Waals surface area contributed by atoms with Gasteiger partial charge in [0.05, 0.1) is 5.52 Å². The van der Waals surface area contributed by atoms with Crippen LogP contribution in [0.4, 0.5) is 0 Å². The average Bonchev–Trinajstić information content (AvgIpc) is 2.90. The summed E-state index contributed by atoms with van der Waals surface area (Å²) in [4.78, 5) is 9.90. The molecular weight excluding hydrogens is 264 g/mol. The number of hydrogen-bond donors (Lipinski definition) is 0. The van der Waals surface area contributed by atoms with Crippen LogP contribution in [0.15, 0.2) is 41.8 Å². The van der Waals surface area contributed by atoms with Gasteiger partial charge in [0.2, 0.25) is 0 Å². The van der Waals surface area contributed by atoms with Crippen molar-refractivity contribution in [1.29, 1.82) is 0 Å². The van der Waals surface area contributed by atoms with Crippen molar-refractivity contribution < 1.29 is 0 Å². The Balaban J connectivity index is 2.03. The Hall–Kier alpha value is -1.71. The van der Waals surface area contributed by atoms with Crippen molar-refractivity contribution in [2.75, 3.05) is 0 Å². The molecule has 0 radical (unpaired) electrons. The highest BCUT2D eigenvalue weighted by Crippen LogP contribution is 2.20. The fourth-order valence-corrected chi connectivity index (χ4v) is 2.54. The molecule has 88 valence electrons. The maximum absolute atomic E-state index is 6.14. The van der Waals surface area contributed by atoms with E-state index in [2.05, 4.69) is 9.97 Å². The van der Waals surface area contributed by atoms with E-state index in [-0.39, 0.29) is 0 Å². The Morgan fingerprint density at radius 1 is 1.00 bits per heavy atom. The fraction of sp³-hybridized carbons (Fsp3) is 0. The number of nitrogens with zero attached hydrogens (tertiary/aromatic N) is 2. The van der Waals surface area contributed by atoms with E-state index in [1.54, 1.807) is 11.3 Å². The van der Waals surface area contributed by atoms with Crippen LogP contribution in [-0.4, -0.2) is 9.97 Å². The van der Waals surface area contributed by atoms with Gasteiger partial charge in [0.25, 0.3) is 0 Å². The molecule has 0 fully saturated rings. The number of aromatic nitrogens is 2. The largest absolute Gasteiger partial charge is 0.229 e. The first kappa shape index (κ1) is 11.4. The zero-order chi connectivity index (χ0) is 12.4. The minimum absolute atomic E-state index is 0.492. The van der Waals surface area contributed by atoms with Crippen molar-refractivity contribution in [1.82, 2.24) is 9.97 Å². The third-order valence-electron chi connectivity index (χ3n) is 2.51. The Morgan fingerprint density at radius 3 is 2.72 bits per heavy atom. The lowest BCUT2D eigenvalue weighted by Crippen LogP contribution is -1.89. The SMILES string of the molecule is Clc1nc(/C=C/c2cccs2)nc2ccccc12. The van der Waals surface area contributed by atoms with Crippen molar-refractivity contribution in [2.24, 2.45) is 0 Å². The first-order chi connectivity index (χ1) is 8.83. The number of para-hydroxylation sites is 1. The van der Waals surface area contributed by atoms with Crippen LogP contribution < -0.4 is 0 Å². The first-order valence-corrected chi connectivity index (χ1v) is 6.72. The number of rotatable bonds is 2. The maximum Gasteiger partial charge on any atom is 0.154 e. The minimum Gasteiger partial charge on any atom is -0.229 e. The first-order valence-electron chi connectivity index (χ1n) is 5.47. The Morgan fingerprint density at radius 2 is 1.89 bits per heavy atom. The van der Waals surface area contributed by atoms with Gasteiger partial charge in [0.1, 0.15) is 5.15 Å². The van der Waals surface area contributed by atoms with Gasteiger partial charge in [-0.2, -0.15) is 0 Å². The zero-order valence-corrected chi connectivity index (χ0v) is 10.9. The van der Waals surface area contributed by atoms with E-state index >= 15 is 0 Å². The minimum atomic E-state index is 0.492. The Kier molecular flexibility index (Phi) is 3.09. The molecule has 2 nitrogen and oxygen atoms in total. The molecule has 0 unspecified atom stereocenters. The third kappa shape index (κ3) is 2.28. The van der Waals surface area contributed by atoms with Crippen molar-refractivity contribution in [2.45, 2.75) is 0 Å². The van der Waals surface area contributed by atoms with Gasteiger partial charge in [-0.05, 0) is 35.7 Å². The summed E-state index contributed by atoms with van der Waals surface area (Å²) in [6.45, 7) is 0. The lowest BCUT2D eigenvalue weighted by Gasteiger charge is -2.00. The molecule has 0 amide bonds. The summed E-state index contributed by atoms with van der Waals surface area (Å²) < 4.78 is 0. The van der Waals surface area contributed by atoms with Crippen molar-refractivity contribution in [3.05, 3.63) is 57.6 Å². The standard InChI is InChI=1S/C14H9ClN2S/c15-14-11-5-1-2-6-12(11)16-13(17-14)8-7-10-4-3-9-18-10/h1-9H/b8-7+. The Bertz CT molecular complexity index is 705. The van der Waals surface area contributed by atoms with Crippen LogP contribution in [0.2, 0.25) is 5.15 Å². The molecule has 0 bridgehead atoms. The predicted octanol–water partition coefficient (Wildman–Crippen LogP) is 4.52. The molecule has 2 heterocycles. The zero-order valence-electron chi connectivity index (χ0n) is 9.38. The highest BCUT2D eigenvalue weighted by atomic mass is 35.5. The molecule has 0 aliphatic heterocycles. The average molecular weight is 273 g/mol. The lowest BCUT2D eigenvalue weighted by molar-refractivity contribution is 1.19. The number of benzene rings is 1. The topological polar surface area (TPSA) is 25.8 Å². The van der Waals surface area contributed by atoms with Gasteiger partial charge in [-0.3, -0.25) is 0 Å². The Labute approximate surface area is 114 Å². The van der Waals surface area contributed by atoms with Crippen LogP contribution in [-0.2, 0) is 0 Å². The van der Waals surface area contributed by atoms with E-state index in [1.807, 2.05) is 53.9 Å². The van der Waals surface area contributed by atoms with E-state index in [0.717, 1.165) is 10.9 Å². The second-order valence-electron chi connectivity index (χ2n) is 3.74. The molecule has 0 aliphatic carbocycles. The summed E-state index contributed by atoms with van der Waals surface area (Å²) in [6.07, 6.45) is 3.87. The molecule has 0 atom stereocenters. The lowest BCUT2D eigenvalue weighted by atomic mass is 10.2. The summed E-state index contributed by atoms with van der Waals surface area (Å²) >= 11 is 7.82. The van der Waals surface area contributed by atoms with Gasteiger partial charge < -0.3 is 0 Å². The third-order valence-corrected chi connectivity index (χ3v) is 3.64. The molecule has 2 aromatic heterocycles. The summed E-state index contributed by atoms with van der Waals surface area (Å²) in [5.41, 5.74) is 0.864. The van der Waals surface area contributed by atoms with Gasteiger partial charge in [0.15, 0.2) is 5.82 Å². The molecule has 0 saturated carbocycles. The molecule has 0 N–H and O–H groups in total. The van der Waals surface area contributed by atoms with E-state index in [4.69, 9.17) is 11.6 Å².